The van der Waals surface area contributed by atoms with Gasteiger partial charge < -0.3 is 5.32 Å². The second-order valence-electron chi connectivity index (χ2n) is 22.6. The molecule has 0 fully saturated rings. The fraction of sp³-hybridized carbons (Fsp3) is 0.952. The Balaban J connectivity index is 2.50. The predicted molar refractivity (Wildman–Crippen MR) is 293 cm³/mol. The van der Waals surface area contributed by atoms with Crippen LogP contribution in [0.25, 0.3) is 0 Å². The van der Waals surface area contributed by atoms with Gasteiger partial charge in [-0.3, -0.25) is 0 Å². The summed E-state index contributed by atoms with van der Waals surface area (Å²) in [7, 11) is 0. The van der Waals surface area contributed by atoms with Crippen molar-refractivity contribution in [3.8, 4) is 0 Å². The first-order chi connectivity index (χ1) is 31.9. The van der Waals surface area contributed by atoms with E-state index in [0.717, 1.165) is 37.4 Å². The van der Waals surface area contributed by atoms with E-state index in [1.54, 1.807) is 0 Å². The molecule has 3 nitrogen and oxygen atoms in total. The molecular weight excluding hydrogens is 787 g/mol. The molecule has 0 radical (unpaired) electrons. The van der Waals surface area contributed by atoms with E-state index < -0.39 is 0 Å². The summed E-state index contributed by atoms with van der Waals surface area (Å²) < 4.78 is 4.94. The molecule has 3 heteroatoms. The van der Waals surface area contributed by atoms with Crippen LogP contribution in [-0.2, 0) is 13.1 Å². The van der Waals surface area contributed by atoms with Crippen molar-refractivity contribution in [1.82, 2.24) is 9.88 Å². The number of nitrogens with one attached hydrogen (secondary N) is 1. The number of hydrogen-bond acceptors (Lipinski definition) is 1. The third kappa shape index (κ3) is 40.7. The summed E-state index contributed by atoms with van der Waals surface area (Å²) in [6.07, 6.45) is 69.8. The number of hydrogen-bond donors (Lipinski definition) is 1. The Bertz CT molecular complexity index is 1020. The first-order valence-corrected chi connectivity index (χ1v) is 30.7. The molecule has 0 bridgehead atoms. The third-order valence-electron chi connectivity index (χ3n) is 15.6. The minimum absolute atomic E-state index is 0.671. The smallest absolute Gasteiger partial charge is 0.253 e. The van der Waals surface area contributed by atoms with Crippen molar-refractivity contribution in [1.29, 1.82) is 0 Å². The molecule has 0 aliphatic heterocycles. The highest BCUT2D eigenvalue weighted by Crippen LogP contribution is 2.26. The van der Waals surface area contributed by atoms with Gasteiger partial charge in [-0.1, -0.05) is 305 Å². The zero-order valence-corrected chi connectivity index (χ0v) is 46.3. The van der Waals surface area contributed by atoms with Crippen molar-refractivity contribution < 1.29 is 4.57 Å². The second kappa shape index (κ2) is 48.2. The molecule has 0 aromatic carbocycles. The van der Waals surface area contributed by atoms with E-state index in [0.29, 0.717) is 6.04 Å². The molecular formula is C62H124N3+. The van der Waals surface area contributed by atoms with Crippen LogP contribution in [0.3, 0.4) is 0 Å². The molecule has 0 amide bonds. The maximum absolute atomic E-state index is 4.11. The Morgan fingerprint density at radius 1 is 0.415 bits per heavy atom. The summed E-state index contributed by atoms with van der Waals surface area (Å²) in [5, 5.41) is 4.11. The van der Waals surface area contributed by atoms with E-state index in [4.69, 9.17) is 0 Å². The zero-order chi connectivity index (χ0) is 47.1. The molecule has 0 aliphatic rings. The van der Waals surface area contributed by atoms with Crippen LogP contribution in [0.4, 0.5) is 0 Å². The molecule has 1 rings (SSSR count). The van der Waals surface area contributed by atoms with Crippen molar-refractivity contribution in [2.75, 3.05) is 6.54 Å². The minimum atomic E-state index is 0.671. The van der Waals surface area contributed by atoms with Crippen molar-refractivity contribution >= 4 is 0 Å². The summed E-state index contributed by atoms with van der Waals surface area (Å²) in [4.78, 5) is 0. The Labute approximate surface area is 411 Å². The normalized spacial score (nSPS) is 12.9. The van der Waals surface area contributed by atoms with Crippen LogP contribution in [0, 0.1) is 24.7 Å². The number of aromatic nitrogens is 2. The zero-order valence-electron chi connectivity index (χ0n) is 46.3. The van der Waals surface area contributed by atoms with Crippen molar-refractivity contribution in [2.24, 2.45) is 17.8 Å². The van der Waals surface area contributed by atoms with Gasteiger partial charge in [-0.05, 0) is 43.4 Å². The van der Waals surface area contributed by atoms with Crippen molar-refractivity contribution in [3.63, 3.8) is 0 Å². The largest absolute Gasteiger partial charge is 0.310 e. The average Bonchev–Trinajstić information content (AvgIpc) is 3.65. The maximum atomic E-state index is 4.11. The van der Waals surface area contributed by atoms with Crippen LogP contribution in [0.2, 0.25) is 0 Å². The van der Waals surface area contributed by atoms with Crippen molar-refractivity contribution in [2.45, 2.75) is 357 Å². The fourth-order valence-electron chi connectivity index (χ4n) is 10.8. The summed E-state index contributed by atoms with van der Waals surface area (Å²) in [6, 6.07) is 0.671. The van der Waals surface area contributed by atoms with Crippen LogP contribution in [0.5, 0.6) is 0 Å². The number of aryl methyl sites for hydroxylation is 1. The molecule has 386 valence electrons. The monoisotopic (exact) mass is 911 g/mol. The van der Waals surface area contributed by atoms with E-state index in [9.17, 15) is 0 Å². The first kappa shape index (κ1) is 62.2. The van der Waals surface area contributed by atoms with Gasteiger partial charge in [-0.25, -0.2) is 9.13 Å². The number of nitrogens with zero attached hydrogens (tertiary/aromatic N) is 2. The van der Waals surface area contributed by atoms with Gasteiger partial charge in [-0.2, -0.15) is 0 Å². The molecule has 65 heavy (non-hydrogen) atoms. The van der Waals surface area contributed by atoms with Gasteiger partial charge in [0.05, 0.1) is 6.54 Å². The van der Waals surface area contributed by atoms with Crippen LogP contribution in [0.15, 0.2) is 12.4 Å². The van der Waals surface area contributed by atoms with Gasteiger partial charge in [0.25, 0.3) is 5.82 Å². The van der Waals surface area contributed by atoms with Crippen LogP contribution in [-0.4, -0.2) is 17.2 Å². The first-order valence-electron chi connectivity index (χ1n) is 30.7. The van der Waals surface area contributed by atoms with E-state index in [2.05, 4.69) is 75.3 Å². The topological polar surface area (TPSA) is 20.8 Å². The lowest BCUT2D eigenvalue weighted by molar-refractivity contribution is -0.702. The van der Waals surface area contributed by atoms with Gasteiger partial charge in [0.1, 0.15) is 18.9 Å². The Morgan fingerprint density at radius 2 is 0.800 bits per heavy atom. The molecule has 1 aromatic rings. The number of rotatable bonds is 53. The summed E-state index contributed by atoms with van der Waals surface area (Å²) >= 11 is 0. The lowest BCUT2D eigenvalue weighted by Gasteiger charge is -2.22. The Hall–Kier alpha value is -0.830. The van der Waals surface area contributed by atoms with Crippen molar-refractivity contribution in [3.05, 3.63) is 18.2 Å². The lowest BCUT2D eigenvalue weighted by atomic mass is 9.88. The molecule has 1 N–H and O–H groups in total. The predicted octanol–water partition coefficient (Wildman–Crippen LogP) is 20.6. The van der Waals surface area contributed by atoms with Crippen LogP contribution < -0.4 is 9.88 Å². The summed E-state index contributed by atoms with van der Waals surface area (Å²) in [6.45, 7) is 19.9. The van der Waals surface area contributed by atoms with E-state index >= 15 is 0 Å². The number of imidazole rings is 1. The average molecular weight is 912 g/mol. The number of unbranched alkanes of at least 4 members (excludes halogenated alkanes) is 32. The van der Waals surface area contributed by atoms with Crippen LogP contribution in [0.1, 0.15) is 336 Å². The van der Waals surface area contributed by atoms with Gasteiger partial charge in [0.2, 0.25) is 0 Å². The Kier molecular flexibility index (Phi) is 46.1. The SMILES string of the molecule is CCCCCCCCCCCCCCCCCCC(CCCCCCCCCCCCCCCCCC)CCCCC(CCC(C)CCCC(C)C)NCCn1cc[n+](CCCC)c1C. The molecule has 2 atom stereocenters. The molecule has 1 heterocycles. The lowest BCUT2D eigenvalue weighted by Crippen LogP contribution is -2.36. The highest BCUT2D eigenvalue weighted by Gasteiger charge is 2.16. The van der Waals surface area contributed by atoms with Gasteiger partial charge >= 0.3 is 0 Å². The summed E-state index contributed by atoms with van der Waals surface area (Å²) in [5.74, 6) is 4.07. The minimum Gasteiger partial charge on any atom is -0.310 e. The molecule has 0 saturated heterocycles. The molecule has 0 spiro atoms. The molecule has 2 unspecified atom stereocenters. The third-order valence-corrected chi connectivity index (χ3v) is 15.6. The highest BCUT2D eigenvalue weighted by atomic mass is 15.2. The molecule has 1 aromatic heterocycles. The fourth-order valence-corrected chi connectivity index (χ4v) is 10.8. The summed E-state index contributed by atoms with van der Waals surface area (Å²) in [5.41, 5.74) is 0. The van der Waals surface area contributed by atoms with E-state index in [-0.39, 0.29) is 0 Å². The molecule has 0 saturated carbocycles. The standard InChI is InChI=1S/C62H124N3/c1-8-11-14-16-18-20-22-24-26-28-30-32-34-36-38-40-47-61(48-41-39-37-35-33-31-29-27-25-23-21-19-17-15-12-9-2)49-42-43-50-62(52-51-59(6)46-44-45-58(4)5)63-53-55-65-57-56-64(60(65)7)54-13-10-3/h56-59,61-63H,8-55H2,1-7H3/q+1. The van der Waals surface area contributed by atoms with Crippen LogP contribution >= 0.6 is 0 Å². The van der Waals surface area contributed by atoms with Gasteiger partial charge in [0.15, 0.2) is 0 Å². The quantitative estimate of drug-likeness (QED) is 0.0510. The van der Waals surface area contributed by atoms with E-state index in [1.165, 1.54) is 295 Å². The maximum Gasteiger partial charge on any atom is 0.253 e. The van der Waals surface area contributed by atoms with E-state index in [1.807, 2.05) is 0 Å². The molecule has 0 aliphatic carbocycles. The highest BCUT2D eigenvalue weighted by molar-refractivity contribution is 4.81. The second-order valence-corrected chi connectivity index (χ2v) is 22.6. The Morgan fingerprint density at radius 3 is 1.22 bits per heavy atom. The van der Waals surface area contributed by atoms with Gasteiger partial charge in [0, 0.05) is 19.5 Å². The van der Waals surface area contributed by atoms with Gasteiger partial charge in [-0.15, -0.1) is 0 Å².